The van der Waals surface area contributed by atoms with E-state index < -0.39 is 0 Å². The van der Waals surface area contributed by atoms with Crippen molar-refractivity contribution in [3.8, 4) is 11.3 Å². The van der Waals surface area contributed by atoms with Crippen molar-refractivity contribution in [3.63, 3.8) is 0 Å². The molecule has 0 N–H and O–H groups in total. The lowest BCUT2D eigenvalue weighted by atomic mass is 10.0. The molecule has 0 spiro atoms. The van der Waals surface area contributed by atoms with Crippen LogP contribution in [0.1, 0.15) is 0 Å². The first-order chi connectivity index (χ1) is 7.95. The highest BCUT2D eigenvalue weighted by molar-refractivity contribution is 5.94. The second-order valence-electron chi connectivity index (χ2n) is 3.69. The van der Waals surface area contributed by atoms with Gasteiger partial charge in [0.25, 0.3) is 0 Å². The lowest BCUT2D eigenvalue weighted by Crippen LogP contribution is -1.85. The molecule has 1 nitrogen and oxygen atoms in total. The Hall–Kier alpha value is -2.15. The predicted molar refractivity (Wildman–Crippen MR) is 66.0 cm³/mol. The summed E-state index contributed by atoms with van der Waals surface area (Å²) in [6.45, 7) is 0. The van der Waals surface area contributed by atoms with E-state index in [1.54, 1.807) is 0 Å². The maximum Gasteiger partial charge on any atom is 0.0900 e. The summed E-state index contributed by atoms with van der Waals surface area (Å²) in [6, 6.07) is 20.4. The molecule has 0 atom stereocenters. The van der Waals surface area contributed by atoms with Crippen molar-refractivity contribution in [3.05, 3.63) is 66.9 Å². The molecule has 75 valence electrons. The van der Waals surface area contributed by atoms with Gasteiger partial charge in [0, 0.05) is 10.9 Å². The Morgan fingerprint density at radius 2 is 1.56 bits per heavy atom. The molecule has 0 fully saturated rings. The molecule has 0 aliphatic rings. The average Bonchev–Trinajstić information content (AvgIpc) is 2.39. The zero-order valence-electron chi connectivity index (χ0n) is 8.72. The predicted octanol–water partition coefficient (Wildman–Crippen LogP) is 3.70. The largest absolute Gasteiger partial charge is 0.245 e. The number of pyridine rings is 1. The third kappa shape index (κ3) is 1.47. The van der Waals surface area contributed by atoms with E-state index in [0.29, 0.717) is 0 Å². The molecule has 1 heteroatoms. The zero-order chi connectivity index (χ0) is 10.8. The lowest BCUT2D eigenvalue weighted by molar-refractivity contribution is 1.34. The van der Waals surface area contributed by atoms with Crippen LogP contribution in [0.5, 0.6) is 0 Å². The maximum atomic E-state index is 4.35. The van der Waals surface area contributed by atoms with E-state index in [0.717, 1.165) is 11.3 Å². The molecular formula is C15H10N. The summed E-state index contributed by atoms with van der Waals surface area (Å²) >= 11 is 0. The molecule has 0 aliphatic carbocycles. The third-order valence-electron chi connectivity index (χ3n) is 2.66. The van der Waals surface area contributed by atoms with E-state index in [1.165, 1.54) is 10.8 Å². The quantitative estimate of drug-likeness (QED) is 0.589. The minimum Gasteiger partial charge on any atom is -0.245 e. The molecule has 3 aromatic rings. The summed E-state index contributed by atoms with van der Waals surface area (Å²) in [5.74, 6) is 0. The van der Waals surface area contributed by atoms with Crippen molar-refractivity contribution in [2.45, 2.75) is 0 Å². The monoisotopic (exact) mass is 204 g/mol. The summed E-state index contributed by atoms with van der Waals surface area (Å²) in [4.78, 5) is 4.35. The maximum absolute atomic E-state index is 4.35. The zero-order valence-corrected chi connectivity index (χ0v) is 8.72. The summed E-state index contributed by atoms with van der Waals surface area (Å²) < 4.78 is 0. The van der Waals surface area contributed by atoms with Crippen molar-refractivity contribution in [1.82, 2.24) is 4.98 Å². The Bertz CT molecular complexity index is 609. The van der Waals surface area contributed by atoms with Crippen molar-refractivity contribution in [2.75, 3.05) is 0 Å². The van der Waals surface area contributed by atoms with Crippen LogP contribution >= 0.6 is 0 Å². The number of hydrogen-bond donors (Lipinski definition) is 0. The first kappa shape index (κ1) is 9.10. The van der Waals surface area contributed by atoms with Gasteiger partial charge in [-0.05, 0) is 11.5 Å². The molecule has 0 unspecified atom stereocenters. The van der Waals surface area contributed by atoms with Crippen LogP contribution in [0.3, 0.4) is 0 Å². The molecule has 0 aliphatic heterocycles. The van der Waals surface area contributed by atoms with Gasteiger partial charge >= 0.3 is 0 Å². The topological polar surface area (TPSA) is 12.9 Å². The first-order valence-corrected chi connectivity index (χ1v) is 5.26. The molecule has 1 heterocycles. The van der Waals surface area contributed by atoms with Gasteiger partial charge in [0.1, 0.15) is 0 Å². The van der Waals surface area contributed by atoms with Crippen LogP contribution in [0.25, 0.3) is 22.0 Å². The molecule has 0 bridgehead atoms. The van der Waals surface area contributed by atoms with Crippen LogP contribution in [-0.4, -0.2) is 4.98 Å². The number of rotatable bonds is 1. The van der Waals surface area contributed by atoms with E-state index in [4.69, 9.17) is 0 Å². The number of fused-ring (bicyclic) bond motifs is 1. The van der Waals surface area contributed by atoms with Gasteiger partial charge in [-0.3, -0.25) is 0 Å². The van der Waals surface area contributed by atoms with Gasteiger partial charge in [0.05, 0.1) is 11.9 Å². The molecule has 0 saturated heterocycles. The highest BCUT2D eigenvalue weighted by Gasteiger charge is 2.03. The van der Waals surface area contributed by atoms with Crippen molar-refractivity contribution in [1.29, 1.82) is 0 Å². The van der Waals surface area contributed by atoms with Gasteiger partial charge < -0.3 is 0 Å². The van der Waals surface area contributed by atoms with E-state index >= 15 is 0 Å². The molecule has 2 aromatic carbocycles. The fraction of sp³-hybridized carbons (Fsp3) is 0. The van der Waals surface area contributed by atoms with Gasteiger partial charge in [0.15, 0.2) is 0 Å². The smallest absolute Gasteiger partial charge is 0.0900 e. The number of hydrogen-bond acceptors (Lipinski definition) is 1. The van der Waals surface area contributed by atoms with Crippen molar-refractivity contribution in [2.24, 2.45) is 0 Å². The summed E-state index contributed by atoms with van der Waals surface area (Å²) in [7, 11) is 0. The Labute approximate surface area is 94.4 Å². The van der Waals surface area contributed by atoms with Gasteiger partial charge in [-0.1, -0.05) is 54.6 Å². The van der Waals surface area contributed by atoms with E-state index in [1.807, 2.05) is 36.4 Å². The van der Waals surface area contributed by atoms with Crippen LogP contribution in [0.15, 0.2) is 60.7 Å². The minimum absolute atomic E-state index is 0.999. The molecular weight excluding hydrogens is 194 g/mol. The molecule has 0 amide bonds. The summed E-state index contributed by atoms with van der Waals surface area (Å²) in [5, 5.41) is 2.35. The fourth-order valence-corrected chi connectivity index (χ4v) is 1.88. The van der Waals surface area contributed by atoms with Crippen LogP contribution in [0.4, 0.5) is 0 Å². The Kier molecular flexibility index (Phi) is 2.15. The van der Waals surface area contributed by atoms with Crippen molar-refractivity contribution >= 4 is 10.8 Å². The Morgan fingerprint density at radius 1 is 0.812 bits per heavy atom. The Balaban J connectivity index is 2.32. The average molecular weight is 204 g/mol. The number of aromatic nitrogens is 1. The highest BCUT2D eigenvalue weighted by atomic mass is 14.7. The van der Waals surface area contributed by atoms with Gasteiger partial charge in [0.2, 0.25) is 0 Å². The molecule has 16 heavy (non-hydrogen) atoms. The first-order valence-electron chi connectivity index (χ1n) is 5.26. The van der Waals surface area contributed by atoms with Gasteiger partial charge in [-0.25, -0.2) is 4.98 Å². The number of benzene rings is 2. The minimum atomic E-state index is 0.999. The van der Waals surface area contributed by atoms with Crippen LogP contribution in [0.2, 0.25) is 0 Å². The highest BCUT2D eigenvalue weighted by Crippen LogP contribution is 2.25. The normalized spacial score (nSPS) is 10.5. The van der Waals surface area contributed by atoms with Crippen LogP contribution < -0.4 is 0 Å². The molecule has 0 saturated carbocycles. The van der Waals surface area contributed by atoms with Crippen molar-refractivity contribution < 1.29 is 0 Å². The third-order valence-corrected chi connectivity index (χ3v) is 2.66. The second kappa shape index (κ2) is 3.78. The van der Waals surface area contributed by atoms with E-state index in [9.17, 15) is 0 Å². The SMILES string of the molecule is [c]1cc2ccccc2c(-c2ccccc2)n1. The number of nitrogens with zero attached hydrogens (tertiary/aromatic N) is 1. The van der Waals surface area contributed by atoms with Gasteiger partial charge in [-0.15, -0.1) is 0 Å². The van der Waals surface area contributed by atoms with Gasteiger partial charge in [-0.2, -0.15) is 0 Å². The summed E-state index contributed by atoms with van der Waals surface area (Å²) in [6.07, 6.45) is 2.95. The molecule has 1 radical (unpaired) electrons. The van der Waals surface area contributed by atoms with E-state index in [2.05, 4.69) is 35.4 Å². The Morgan fingerprint density at radius 3 is 2.44 bits per heavy atom. The standard InChI is InChI=1S/C15H10N/c1-2-7-13(8-3-1)15-14-9-5-4-6-12(14)10-11-16-15/h1-10H. The molecule has 1 aromatic heterocycles. The second-order valence-corrected chi connectivity index (χ2v) is 3.69. The van der Waals surface area contributed by atoms with Crippen LogP contribution in [-0.2, 0) is 0 Å². The molecule has 3 rings (SSSR count). The van der Waals surface area contributed by atoms with E-state index in [-0.39, 0.29) is 0 Å². The fourth-order valence-electron chi connectivity index (χ4n) is 1.88. The van der Waals surface area contributed by atoms with Crippen LogP contribution in [0, 0.1) is 6.20 Å². The lowest BCUT2D eigenvalue weighted by Gasteiger charge is -2.04. The summed E-state index contributed by atoms with van der Waals surface area (Å²) in [5.41, 5.74) is 2.13.